The van der Waals surface area contributed by atoms with E-state index in [0.717, 1.165) is 23.1 Å². The highest BCUT2D eigenvalue weighted by molar-refractivity contribution is 9.10. The number of likely N-dealkylation sites (N-methyl/N-ethyl adjacent to an activating group) is 1. The number of hydrogen-bond donors (Lipinski definition) is 1. The van der Waals surface area contributed by atoms with E-state index in [9.17, 15) is 0 Å². The molecular formula is C17H20BrN3. The van der Waals surface area contributed by atoms with Crippen LogP contribution in [0, 0.1) is 0 Å². The van der Waals surface area contributed by atoms with Gasteiger partial charge in [0.15, 0.2) is 0 Å². The van der Waals surface area contributed by atoms with Crippen LogP contribution in [0.15, 0.2) is 46.9 Å². The summed E-state index contributed by atoms with van der Waals surface area (Å²) in [6.45, 7) is 4.01. The first-order chi connectivity index (χ1) is 10.1. The smallest absolute Gasteiger partial charge is 0.0649 e. The minimum Gasteiger partial charge on any atom is -0.371 e. The van der Waals surface area contributed by atoms with Gasteiger partial charge in [0.05, 0.1) is 11.4 Å². The van der Waals surface area contributed by atoms with E-state index in [2.05, 4.69) is 75.2 Å². The number of rotatable bonds is 2. The van der Waals surface area contributed by atoms with Crippen LogP contribution in [0.1, 0.15) is 18.5 Å². The molecule has 3 nitrogen and oxygen atoms in total. The molecule has 4 heteroatoms. The standard InChI is InChI=1S/C17H20BrN3/c1-12(19)14-8-7-13(11-15(14)18)21-10-9-20(2)16-5-3-4-6-17(16)21/h3-8,11-12H,9-10,19H2,1-2H3/t12-/m0/s1. The van der Waals surface area contributed by atoms with Gasteiger partial charge in [-0.05, 0) is 36.8 Å². The number of nitrogens with zero attached hydrogens (tertiary/aromatic N) is 2. The van der Waals surface area contributed by atoms with Gasteiger partial charge >= 0.3 is 0 Å². The molecule has 1 atom stereocenters. The van der Waals surface area contributed by atoms with Gasteiger partial charge < -0.3 is 15.5 Å². The third-order valence-corrected chi connectivity index (χ3v) is 4.72. The molecule has 3 rings (SSSR count). The number of benzene rings is 2. The van der Waals surface area contributed by atoms with E-state index in [0.29, 0.717) is 0 Å². The molecule has 2 aromatic rings. The minimum atomic E-state index is 0.0354. The minimum absolute atomic E-state index is 0.0354. The van der Waals surface area contributed by atoms with Crippen molar-refractivity contribution in [3.63, 3.8) is 0 Å². The molecule has 0 radical (unpaired) electrons. The zero-order chi connectivity index (χ0) is 15.0. The summed E-state index contributed by atoms with van der Waals surface area (Å²) in [7, 11) is 2.14. The van der Waals surface area contributed by atoms with Crippen molar-refractivity contribution in [1.82, 2.24) is 0 Å². The van der Waals surface area contributed by atoms with E-state index in [-0.39, 0.29) is 6.04 Å². The molecule has 2 aromatic carbocycles. The number of fused-ring (bicyclic) bond motifs is 1. The summed E-state index contributed by atoms with van der Waals surface area (Å²) in [6.07, 6.45) is 0. The summed E-state index contributed by atoms with van der Waals surface area (Å²) >= 11 is 3.65. The molecule has 0 bridgehead atoms. The van der Waals surface area contributed by atoms with E-state index in [1.807, 2.05) is 6.92 Å². The first-order valence-electron chi connectivity index (χ1n) is 7.20. The Kier molecular flexibility index (Phi) is 3.91. The van der Waals surface area contributed by atoms with E-state index in [1.165, 1.54) is 17.1 Å². The second kappa shape index (κ2) is 5.70. The second-order valence-corrected chi connectivity index (χ2v) is 6.41. The second-order valence-electron chi connectivity index (χ2n) is 5.56. The van der Waals surface area contributed by atoms with Gasteiger partial charge in [-0.15, -0.1) is 0 Å². The maximum Gasteiger partial charge on any atom is 0.0649 e. The normalized spacial score (nSPS) is 15.8. The van der Waals surface area contributed by atoms with Crippen molar-refractivity contribution in [1.29, 1.82) is 0 Å². The first-order valence-corrected chi connectivity index (χ1v) is 8.00. The molecule has 21 heavy (non-hydrogen) atoms. The van der Waals surface area contributed by atoms with E-state index in [1.54, 1.807) is 0 Å². The van der Waals surface area contributed by atoms with Gasteiger partial charge in [-0.3, -0.25) is 0 Å². The predicted molar refractivity (Wildman–Crippen MR) is 93.5 cm³/mol. The first kappa shape index (κ1) is 14.4. The Morgan fingerprint density at radius 1 is 1.10 bits per heavy atom. The molecule has 1 heterocycles. The monoisotopic (exact) mass is 345 g/mol. The molecule has 2 N–H and O–H groups in total. The Bertz CT molecular complexity index is 654. The van der Waals surface area contributed by atoms with E-state index < -0.39 is 0 Å². The summed E-state index contributed by atoms with van der Waals surface area (Å²) in [5, 5.41) is 0. The topological polar surface area (TPSA) is 32.5 Å². The zero-order valence-electron chi connectivity index (χ0n) is 12.4. The lowest BCUT2D eigenvalue weighted by atomic mass is 10.1. The van der Waals surface area contributed by atoms with E-state index in [4.69, 9.17) is 5.73 Å². The van der Waals surface area contributed by atoms with E-state index >= 15 is 0 Å². The van der Waals surface area contributed by atoms with Gasteiger partial charge in [0, 0.05) is 36.3 Å². The largest absolute Gasteiger partial charge is 0.371 e. The average molecular weight is 346 g/mol. The lowest BCUT2D eigenvalue weighted by Gasteiger charge is -2.37. The van der Waals surface area contributed by atoms with Crippen molar-refractivity contribution in [3.8, 4) is 0 Å². The average Bonchev–Trinajstić information content (AvgIpc) is 2.47. The maximum absolute atomic E-state index is 5.99. The van der Waals surface area contributed by atoms with Crippen molar-refractivity contribution in [2.75, 3.05) is 29.9 Å². The molecule has 0 spiro atoms. The predicted octanol–water partition coefficient (Wildman–Crippen LogP) is 4.06. The molecule has 0 aliphatic carbocycles. The number of nitrogens with two attached hydrogens (primary N) is 1. The Balaban J connectivity index is 2.02. The van der Waals surface area contributed by atoms with Crippen molar-refractivity contribution < 1.29 is 0 Å². The quantitative estimate of drug-likeness (QED) is 0.890. The molecule has 0 amide bonds. The summed E-state index contributed by atoms with van der Waals surface area (Å²) in [5.74, 6) is 0. The van der Waals surface area contributed by atoms with Crippen molar-refractivity contribution >= 4 is 33.0 Å². The van der Waals surface area contributed by atoms with Crippen LogP contribution in [0.2, 0.25) is 0 Å². The Morgan fingerprint density at radius 3 is 2.48 bits per heavy atom. The summed E-state index contributed by atoms with van der Waals surface area (Å²) in [4.78, 5) is 4.67. The Morgan fingerprint density at radius 2 is 1.81 bits per heavy atom. The van der Waals surface area contributed by atoms with Crippen LogP contribution < -0.4 is 15.5 Å². The van der Waals surface area contributed by atoms with Crippen LogP contribution in [0.25, 0.3) is 0 Å². The summed E-state index contributed by atoms with van der Waals surface area (Å²) in [6, 6.07) is 15.0. The molecule has 0 saturated carbocycles. The molecular weight excluding hydrogens is 326 g/mol. The Hall–Kier alpha value is -1.52. The molecule has 0 aromatic heterocycles. The fraction of sp³-hybridized carbons (Fsp3) is 0.294. The highest BCUT2D eigenvalue weighted by Gasteiger charge is 2.21. The van der Waals surface area contributed by atoms with Gasteiger partial charge in [-0.25, -0.2) is 0 Å². The number of hydrogen-bond acceptors (Lipinski definition) is 3. The SMILES string of the molecule is C[C@H](N)c1ccc(N2CCN(C)c3ccccc32)cc1Br. The number of anilines is 3. The lowest BCUT2D eigenvalue weighted by molar-refractivity contribution is 0.807. The van der Waals surface area contributed by atoms with Crippen molar-refractivity contribution in [3.05, 3.63) is 52.5 Å². The van der Waals surface area contributed by atoms with Gasteiger partial charge in [0.2, 0.25) is 0 Å². The maximum atomic E-state index is 5.99. The number of para-hydroxylation sites is 2. The highest BCUT2D eigenvalue weighted by Crippen LogP contribution is 2.38. The van der Waals surface area contributed by atoms with Crippen LogP contribution in [-0.2, 0) is 0 Å². The fourth-order valence-electron chi connectivity index (χ4n) is 2.83. The Labute approximate surface area is 134 Å². The van der Waals surface area contributed by atoms with Gasteiger partial charge in [-0.1, -0.05) is 34.1 Å². The fourth-order valence-corrected chi connectivity index (χ4v) is 3.56. The summed E-state index contributed by atoms with van der Waals surface area (Å²) < 4.78 is 1.08. The van der Waals surface area contributed by atoms with Crippen LogP contribution >= 0.6 is 15.9 Å². The van der Waals surface area contributed by atoms with Crippen LogP contribution in [0.4, 0.5) is 17.1 Å². The van der Waals surface area contributed by atoms with Gasteiger partial charge in [-0.2, -0.15) is 0 Å². The van der Waals surface area contributed by atoms with Crippen LogP contribution in [0.5, 0.6) is 0 Å². The molecule has 1 aliphatic heterocycles. The lowest BCUT2D eigenvalue weighted by Crippen LogP contribution is -2.36. The third-order valence-electron chi connectivity index (χ3n) is 4.03. The summed E-state index contributed by atoms with van der Waals surface area (Å²) in [5.41, 5.74) is 10.9. The number of halogens is 1. The molecule has 0 fully saturated rings. The zero-order valence-corrected chi connectivity index (χ0v) is 14.0. The van der Waals surface area contributed by atoms with Crippen molar-refractivity contribution in [2.45, 2.75) is 13.0 Å². The molecule has 110 valence electrons. The van der Waals surface area contributed by atoms with Crippen molar-refractivity contribution in [2.24, 2.45) is 5.73 Å². The molecule has 1 aliphatic rings. The third kappa shape index (κ3) is 2.65. The highest BCUT2D eigenvalue weighted by atomic mass is 79.9. The van der Waals surface area contributed by atoms with Crippen LogP contribution in [-0.4, -0.2) is 20.1 Å². The van der Waals surface area contributed by atoms with Crippen LogP contribution in [0.3, 0.4) is 0 Å². The van der Waals surface area contributed by atoms with Gasteiger partial charge in [0.25, 0.3) is 0 Å². The molecule has 0 unspecified atom stereocenters. The molecule has 0 saturated heterocycles. The van der Waals surface area contributed by atoms with Gasteiger partial charge in [0.1, 0.15) is 0 Å².